The van der Waals surface area contributed by atoms with E-state index < -0.39 is 0 Å². The lowest BCUT2D eigenvalue weighted by molar-refractivity contribution is -0.162. The van der Waals surface area contributed by atoms with Crippen LogP contribution >= 0.6 is 0 Å². The number of allylic oxidation sites excluding steroid dienone is 4. The van der Waals surface area contributed by atoms with Crippen LogP contribution in [0.3, 0.4) is 0 Å². The molecule has 1 fully saturated rings. The summed E-state index contributed by atoms with van der Waals surface area (Å²) in [5.41, 5.74) is 0. The molecule has 2 heteroatoms. The zero-order valence-electron chi connectivity index (χ0n) is 15.3. The van der Waals surface area contributed by atoms with Gasteiger partial charge in [-0.1, -0.05) is 56.9 Å². The van der Waals surface area contributed by atoms with Gasteiger partial charge in [0.05, 0.1) is 0 Å². The lowest BCUT2D eigenvalue weighted by atomic mass is 10.1. The highest BCUT2D eigenvalue weighted by molar-refractivity contribution is 4.87. The van der Waals surface area contributed by atoms with Gasteiger partial charge in [0.25, 0.3) is 0 Å². The van der Waals surface area contributed by atoms with Gasteiger partial charge >= 0.3 is 0 Å². The van der Waals surface area contributed by atoms with Crippen LogP contribution in [0, 0.1) is 0 Å². The Balaban J connectivity index is 1.77. The molecule has 0 aromatic rings. The van der Waals surface area contributed by atoms with E-state index in [1.165, 1.54) is 77.0 Å². The maximum atomic E-state index is 5.75. The molecule has 1 rings (SSSR count). The van der Waals surface area contributed by atoms with Crippen molar-refractivity contribution in [2.24, 2.45) is 0 Å². The molecule has 1 aliphatic heterocycles. The van der Waals surface area contributed by atoms with Crippen molar-refractivity contribution in [1.29, 1.82) is 0 Å². The fraction of sp³-hybridized carbons (Fsp3) is 0.810. The molecule has 0 amide bonds. The summed E-state index contributed by atoms with van der Waals surface area (Å²) in [6, 6.07) is 0. The van der Waals surface area contributed by atoms with E-state index in [-0.39, 0.29) is 6.29 Å². The van der Waals surface area contributed by atoms with Gasteiger partial charge in [-0.3, -0.25) is 0 Å². The van der Waals surface area contributed by atoms with Gasteiger partial charge in [-0.25, -0.2) is 0 Å². The van der Waals surface area contributed by atoms with Gasteiger partial charge in [0.1, 0.15) is 0 Å². The van der Waals surface area contributed by atoms with Crippen LogP contribution in [0.1, 0.15) is 90.4 Å². The number of hydrogen-bond acceptors (Lipinski definition) is 2. The van der Waals surface area contributed by atoms with E-state index in [0.717, 1.165) is 19.6 Å². The molecule has 0 N–H and O–H groups in total. The van der Waals surface area contributed by atoms with Gasteiger partial charge in [-0.2, -0.15) is 0 Å². The molecule has 1 aliphatic rings. The summed E-state index contributed by atoms with van der Waals surface area (Å²) in [6.07, 6.45) is 25.5. The number of hydrogen-bond donors (Lipinski definition) is 0. The number of ether oxygens (including phenoxy) is 2. The molecule has 0 aromatic heterocycles. The first-order valence-corrected chi connectivity index (χ1v) is 9.96. The largest absolute Gasteiger partial charge is 0.353 e. The minimum absolute atomic E-state index is 0.0858. The van der Waals surface area contributed by atoms with Crippen molar-refractivity contribution < 1.29 is 9.47 Å². The second kappa shape index (κ2) is 16.3. The van der Waals surface area contributed by atoms with Gasteiger partial charge in [0, 0.05) is 13.2 Å². The minimum Gasteiger partial charge on any atom is -0.353 e. The fourth-order valence-electron chi connectivity index (χ4n) is 2.76. The Kier molecular flexibility index (Phi) is 14.5. The Hall–Kier alpha value is -0.600. The molecule has 0 aliphatic carbocycles. The Morgan fingerprint density at radius 1 is 0.826 bits per heavy atom. The maximum absolute atomic E-state index is 5.75. The van der Waals surface area contributed by atoms with Crippen molar-refractivity contribution in [3.8, 4) is 0 Å². The van der Waals surface area contributed by atoms with E-state index in [9.17, 15) is 0 Å². The van der Waals surface area contributed by atoms with E-state index in [4.69, 9.17) is 9.47 Å². The minimum atomic E-state index is 0.0858. The van der Waals surface area contributed by atoms with Crippen molar-refractivity contribution in [3.63, 3.8) is 0 Å². The molecule has 1 heterocycles. The van der Waals surface area contributed by atoms with Crippen LogP contribution in [0.25, 0.3) is 0 Å². The Morgan fingerprint density at radius 3 is 2.22 bits per heavy atom. The van der Waals surface area contributed by atoms with Gasteiger partial charge < -0.3 is 9.47 Å². The van der Waals surface area contributed by atoms with E-state index in [0.29, 0.717) is 0 Å². The molecule has 0 bridgehead atoms. The Labute approximate surface area is 144 Å². The lowest BCUT2D eigenvalue weighted by Crippen LogP contribution is -2.22. The van der Waals surface area contributed by atoms with Gasteiger partial charge in [0.15, 0.2) is 6.29 Å². The van der Waals surface area contributed by atoms with Crippen LogP contribution in [-0.4, -0.2) is 19.5 Å². The summed E-state index contributed by atoms with van der Waals surface area (Å²) in [4.78, 5) is 0. The Morgan fingerprint density at radius 2 is 1.52 bits per heavy atom. The van der Waals surface area contributed by atoms with E-state index >= 15 is 0 Å². The molecular formula is C21H38O2. The first kappa shape index (κ1) is 20.4. The van der Waals surface area contributed by atoms with Crippen LogP contribution in [0.2, 0.25) is 0 Å². The normalized spacial score (nSPS) is 19.1. The molecule has 0 saturated carbocycles. The smallest absolute Gasteiger partial charge is 0.157 e. The number of unbranched alkanes of at least 4 members (excludes halogenated alkanes) is 7. The number of rotatable bonds is 14. The summed E-state index contributed by atoms with van der Waals surface area (Å²) in [5, 5.41) is 0. The quantitative estimate of drug-likeness (QED) is 0.266. The second-order valence-electron chi connectivity index (χ2n) is 6.53. The molecule has 23 heavy (non-hydrogen) atoms. The molecule has 0 radical (unpaired) electrons. The summed E-state index contributed by atoms with van der Waals surface area (Å²) in [6.45, 7) is 3.99. The topological polar surface area (TPSA) is 18.5 Å². The first-order chi connectivity index (χ1) is 11.4. The van der Waals surface area contributed by atoms with E-state index in [1.807, 2.05) is 0 Å². The first-order valence-electron chi connectivity index (χ1n) is 9.96. The monoisotopic (exact) mass is 322 g/mol. The average Bonchev–Trinajstić information content (AvgIpc) is 2.59. The third kappa shape index (κ3) is 13.5. The predicted octanol–water partition coefficient (Wildman–Crippen LogP) is 6.56. The highest BCUT2D eigenvalue weighted by atomic mass is 16.7. The average molecular weight is 323 g/mol. The summed E-state index contributed by atoms with van der Waals surface area (Å²) >= 11 is 0. The van der Waals surface area contributed by atoms with Crippen molar-refractivity contribution in [3.05, 3.63) is 24.3 Å². The van der Waals surface area contributed by atoms with Crippen LogP contribution in [0.15, 0.2) is 24.3 Å². The molecule has 0 spiro atoms. The SMILES string of the molecule is CCCC/C=C/CC/C=C\CCCCCCOC1CCCCO1. The fourth-order valence-corrected chi connectivity index (χ4v) is 2.76. The van der Waals surface area contributed by atoms with Crippen molar-refractivity contribution in [1.82, 2.24) is 0 Å². The molecule has 2 nitrogen and oxygen atoms in total. The van der Waals surface area contributed by atoms with Crippen molar-refractivity contribution in [2.75, 3.05) is 13.2 Å². The highest BCUT2D eigenvalue weighted by Crippen LogP contribution is 2.14. The summed E-state index contributed by atoms with van der Waals surface area (Å²) in [7, 11) is 0. The molecule has 134 valence electrons. The highest BCUT2D eigenvalue weighted by Gasteiger charge is 2.13. The van der Waals surface area contributed by atoms with Crippen LogP contribution in [0.4, 0.5) is 0 Å². The van der Waals surface area contributed by atoms with Gasteiger partial charge in [-0.15, -0.1) is 0 Å². The molecule has 1 unspecified atom stereocenters. The predicted molar refractivity (Wildman–Crippen MR) is 99.7 cm³/mol. The van der Waals surface area contributed by atoms with E-state index in [2.05, 4.69) is 31.2 Å². The Bertz CT molecular complexity index is 290. The van der Waals surface area contributed by atoms with Gasteiger partial charge in [0.2, 0.25) is 0 Å². The maximum Gasteiger partial charge on any atom is 0.157 e. The summed E-state index contributed by atoms with van der Waals surface area (Å²) in [5.74, 6) is 0. The van der Waals surface area contributed by atoms with Crippen LogP contribution in [0.5, 0.6) is 0 Å². The zero-order valence-corrected chi connectivity index (χ0v) is 15.3. The third-order valence-corrected chi connectivity index (χ3v) is 4.26. The standard InChI is InChI=1S/C21H38O2/c1-2-3-4-5-6-7-8-9-10-11-12-13-14-16-19-22-21-18-15-17-20-23-21/h5-6,9-10,21H,2-4,7-8,11-20H2,1H3/b6-5+,10-9-. The van der Waals surface area contributed by atoms with Crippen molar-refractivity contribution in [2.45, 2.75) is 96.7 Å². The van der Waals surface area contributed by atoms with Crippen LogP contribution in [-0.2, 0) is 9.47 Å². The molecular weight excluding hydrogens is 284 g/mol. The van der Waals surface area contributed by atoms with E-state index in [1.54, 1.807) is 0 Å². The van der Waals surface area contributed by atoms with Gasteiger partial charge in [-0.05, 0) is 57.8 Å². The summed E-state index contributed by atoms with van der Waals surface area (Å²) < 4.78 is 11.3. The third-order valence-electron chi connectivity index (χ3n) is 4.26. The molecule has 1 saturated heterocycles. The molecule has 0 aromatic carbocycles. The zero-order chi connectivity index (χ0) is 16.4. The lowest BCUT2D eigenvalue weighted by Gasteiger charge is -2.22. The second-order valence-corrected chi connectivity index (χ2v) is 6.53. The van der Waals surface area contributed by atoms with Crippen molar-refractivity contribution >= 4 is 0 Å². The van der Waals surface area contributed by atoms with Crippen LogP contribution < -0.4 is 0 Å². The molecule has 1 atom stereocenters.